The number of aromatic nitrogens is 3. The monoisotopic (exact) mass is 520 g/mol. The molecule has 0 aliphatic rings. The summed E-state index contributed by atoms with van der Waals surface area (Å²) in [5, 5.41) is 12.1. The Labute approximate surface area is 204 Å². The van der Waals surface area contributed by atoms with Crippen LogP contribution >= 0.6 is 27.7 Å². The average molecular weight is 521 g/mol. The Morgan fingerprint density at radius 2 is 1.67 bits per heavy atom. The summed E-state index contributed by atoms with van der Waals surface area (Å²) in [6.07, 6.45) is 0. The minimum atomic E-state index is -0.183. The van der Waals surface area contributed by atoms with Crippen molar-refractivity contribution < 1.29 is 9.59 Å². The topological polar surface area (TPSA) is 76.9 Å². The molecule has 4 aromatic rings. The number of nitrogens with one attached hydrogen (secondary N) is 1. The second kappa shape index (κ2) is 10.6. The molecule has 4 rings (SSSR count). The fourth-order valence-electron chi connectivity index (χ4n) is 3.24. The van der Waals surface area contributed by atoms with E-state index in [1.54, 1.807) is 18.2 Å². The Balaban J connectivity index is 1.55. The zero-order valence-electron chi connectivity index (χ0n) is 17.9. The molecule has 0 saturated heterocycles. The maximum atomic E-state index is 12.6. The van der Waals surface area contributed by atoms with E-state index < -0.39 is 0 Å². The minimum Gasteiger partial charge on any atom is -0.345 e. The van der Waals surface area contributed by atoms with Gasteiger partial charge in [-0.3, -0.25) is 14.2 Å². The van der Waals surface area contributed by atoms with Crippen molar-refractivity contribution in [2.45, 2.75) is 18.6 Å². The number of thioether (sulfide) groups is 1. The van der Waals surface area contributed by atoms with Crippen LogP contribution in [0.5, 0.6) is 0 Å². The van der Waals surface area contributed by atoms with Crippen LogP contribution in [0.4, 0.5) is 0 Å². The first-order valence-electron chi connectivity index (χ1n) is 10.3. The number of amides is 1. The predicted molar refractivity (Wildman–Crippen MR) is 133 cm³/mol. The Morgan fingerprint density at radius 3 is 2.39 bits per heavy atom. The van der Waals surface area contributed by atoms with E-state index in [4.69, 9.17) is 0 Å². The van der Waals surface area contributed by atoms with Gasteiger partial charge >= 0.3 is 0 Å². The Bertz CT molecular complexity index is 1270. The molecule has 3 aromatic carbocycles. The van der Waals surface area contributed by atoms with Gasteiger partial charge in [0.1, 0.15) is 0 Å². The normalized spacial score (nSPS) is 10.7. The van der Waals surface area contributed by atoms with Crippen molar-refractivity contribution >= 4 is 39.4 Å². The van der Waals surface area contributed by atoms with E-state index in [-0.39, 0.29) is 24.0 Å². The van der Waals surface area contributed by atoms with E-state index in [0.717, 1.165) is 15.7 Å². The van der Waals surface area contributed by atoms with Crippen LogP contribution in [0.15, 0.2) is 88.5 Å². The van der Waals surface area contributed by atoms with Crippen LogP contribution in [0, 0.1) is 6.92 Å². The molecule has 0 fully saturated rings. The van der Waals surface area contributed by atoms with Crippen molar-refractivity contribution in [2.75, 3.05) is 5.75 Å². The molecule has 0 aliphatic heterocycles. The number of halogens is 1. The van der Waals surface area contributed by atoms with E-state index in [1.807, 2.05) is 72.2 Å². The molecule has 0 saturated carbocycles. The molecule has 166 valence electrons. The number of carbonyl (C=O) groups is 2. The fraction of sp³-hybridized carbons (Fsp3) is 0.120. The number of ketones is 1. The van der Waals surface area contributed by atoms with Gasteiger partial charge in [-0.05, 0) is 43.3 Å². The van der Waals surface area contributed by atoms with Gasteiger partial charge in [0, 0.05) is 21.3 Å². The van der Waals surface area contributed by atoms with Crippen LogP contribution in [0.1, 0.15) is 32.1 Å². The van der Waals surface area contributed by atoms with Gasteiger partial charge in [-0.15, -0.1) is 10.2 Å². The van der Waals surface area contributed by atoms with Gasteiger partial charge in [-0.2, -0.15) is 0 Å². The molecule has 0 unspecified atom stereocenters. The van der Waals surface area contributed by atoms with Crippen molar-refractivity contribution in [1.82, 2.24) is 20.1 Å². The van der Waals surface area contributed by atoms with E-state index in [0.29, 0.717) is 22.1 Å². The molecular formula is C25H21BrN4O2S. The zero-order valence-corrected chi connectivity index (χ0v) is 20.3. The summed E-state index contributed by atoms with van der Waals surface area (Å²) in [5.41, 5.74) is 3.11. The number of benzene rings is 3. The highest BCUT2D eigenvalue weighted by molar-refractivity contribution is 9.10. The number of hydrogen-bond acceptors (Lipinski definition) is 5. The lowest BCUT2D eigenvalue weighted by molar-refractivity contribution is 0.0948. The molecule has 0 aliphatic carbocycles. The van der Waals surface area contributed by atoms with Gasteiger partial charge < -0.3 is 5.32 Å². The molecule has 33 heavy (non-hydrogen) atoms. The minimum absolute atomic E-state index is 0.0141. The van der Waals surface area contributed by atoms with Gasteiger partial charge in [0.2, 0.25) is 0 Å². The van der Waals surface area contributed by atoms with Crippen LogP contribution < -0.4 is 5.32 Å². The first-order chi connectivity index (χ1) is 16.0. The number of aryl methyl sites for hydroxylation is 1. The molecule has 1 N–H and O–H groups in total. The third kappa shape index (κ3) is 5.77. The fourth-order valence-corrected chi connectivity index (χ4v) is 4.37. The maximum absolute atomic E-state index is 12.6. The molecule has 1 amide bonds. The quantitative estimate of drug-likeness (QED) is 0.254. The highest BCUT2D eigenvalue weighted by atomic mass is 79.9. The van der Waals surface area contributed by atoms with Crippen molar-refractivity contribution in [3.05, 3.63) is 106 Å². The summed E-state index contributed by atoms with van der Waals surface area (Å²) in [7, 11) is 0. The molecule has 6 nitrogen and oxygen atoms in total. The van der Waals surface area contributed by atoms with Gasteiger partial charge in [-0.25, -0.2) is 0 Å². The van der Waals surface area contributed by atoms with Crippen LogP contribution in [-0.4, -0.2) is 32.2 Å². The molecule has 1 heterocycles. The lowest BCUT2D eigenvalue weighted by Crippen LogP contribution is -2.24. The number of carbonyl (C=O) groups excluding carboxylic acids is 2. The standard InChI is InChI=1S/C25H21BrN4O2S/c1-17-6-5-9-19(14-17)24(32)27-15-23-28-29-25(30(23)21-12-10-20(26)11-13-21)33-16-22(31)18-7-3-2-4-8-18/h2-14H,15-16H2,1H3,(H,27,32). The van der Waals surface area contributed by atoms with Crippen molar-refractivity contribution in [1.29, 1.82) is 0 Å². The lowest BCUT2D eigenvalue weighted by Gasteiger charge is -2.11. The summed E-state index contributed by atoms with van der Waals surface area (Å²) in [6.45, 7) is 2.14. The average Bonchev–Trinajstić information content (AvgIpc) is 3.24. The van der Waals surface area contributed by atoms with Crippen LogP contribution in [0.25, 0.3) is 5.69 Å². The van der Waals surface area contributed by atoms with Crippen LogP contribution in [-0.2, 0) is 6.54 Å². The van der Waals surface area contributed by atoms with E-state index in [2.05, 4.69) is 31.4 Å². The highest BCUT2D eigenvalue weighted by Crippen LogP contribution is 2.24. The summed E-state index contributed by atoms with van der Waals surface area (Å²) < 4.78 is 2.81. The molecule has 0 spiro atoms. The van der Waals surface area contributed by atoms with Crippen LogP contribution in [0.3, 0.4) is 0 Å². The number of rotatable bonds is 8. The van der Waals surface area contributed by atoms with Gasteiger partial charge in [0.15, 0.2) is 16.8 Å². The van der Waals surface area contributed by atoms with Gasteiger partial charge in [0.05, 0.1) is 12.3 Å². The van der Waals surface area contributed by atoms with E-state index in [9.17, 15) is 9.59 Å². The summed E-state index contributed by atoms with van der Waals surface area (Å²) >= 11 is 4.77. The first kappa shape index (κ1) is 22.9. The zero-order chi connectivity index (χ0) is 23.2. The molecule has 0 atom stereocenters. The summed E-state index contributed by atoms with van der Waals surface area (Å²) in [5.74, 6) is 0.639. The lowest BCUT2D eigenvalue weighted by atomic mass is 10.1. The first-order valence-corrected chi connectivity index (χ1v) is 12.1. The number of Topliss-reactive ketones (excluding diaryl/α,β-unsaturated/α-hetero) is 1. The van der Waals surface area contributed by atoms with Crippen molar-refractivity contribution in [3.63, 3.8) is 0 Å². The number of nitrogens with zero attached hydrogens (tertiary/aromatic N) is 3. The second-order valence-electron chi connectivity index (χ2n) is 7.34. The SMILES string of the molecule is Cc1cccc(C(=O)NCc2nnc(SCC(=O)c3ccccc3)n2-c2ccc(Br)cc2)c1. The van der Waals surface area contributed by atoms with E-state index >= 15 is 0 Å². The second-order valence-corrected chi connectivity index (χ2v) is 9.20. The third-order valence-corrected chi connectivity index (χ3v) is 6.36. The van der Waals surface area contributed by atoms with Gasteiger partial charge in [0.25, 0.3) is 5.91 Å². The molecular weight excluding hydrogens is 500 g/mol. The van der Waals surface area contributed by atoms with Crippen LogP contribution in [0.2, 0.25) is 0 Å². The Kier molecular flexibility index (Phi) is 7.36. The third-order valence-electron chi connectivity index (χ3n) is 4.90. The molecule has 0 bridgehead atoms. The van der Waals surface area contributed by atoms with Crippen molar-refractivity contribution in [3.8, 4) is 5.69 Å². The number of hydrogen-bond donors (Lipinski definition) is 1. The summed E-state index contributed by atoms with van der Waals surface area (Å²) in [6, 6.07) is 24.3. The smallest absolute Gasteiger partial charge is 0.251 e. The van der Waals surface area contributed by atoms with Crippen molar-refractivity contribution in [2.24, 2.45) is 0 Å². The molecule has 8 heteroatoms. The highest BCUT2D eigenvalue weighted by Gasteiger charge is 2.17. The Morgan fingerprint density at radius 1 is 0.939 bits per heavy atom. The Hall–Kier alpha value is -3.23. The van der Waals surface area contributed by atoms with E-state index in [1.165, 1.54) is 11.8 Å². The maximum Gasteiger partial charge on any atom is 0.251 e. The largest absolute Gasteiger partial charge is 0.345 e. The summed E-state index contributed by atoms with van der Waals surface area (Å²) in [4.78, 5) is 25.2. The van der Waals surface area contributed by atoms with Gasteiger partial charge in [-0.1, -0.05) is 75.7 Å². The predicted octanol–water partition coefficient (Wildman–Crippen LogP) is 5.24. The molecule has 0 radical (unpaired) electrons. The molecule has 1 aromatic heterocycles.